The zero-order chi connectivity index (χ0) is 12.1. The zero-order valence-corrected chi connectivity index (χ0v) is 14.9. The number of nitrogens with zero attached hydrogens (tertiary/aromatic N) is 1. The monoisotopic (exact) mass is 250 g/mol. The molecule has 0 aromatic heterocycles. The van der Waals surface area contributed by atoms with E-state index in [-0.39, 0.29) is 29.6 Å². The van der Waals surface area contributed by atoms with Crippen molar-refractivity contribution in [2.24, 2.45) is 0 Å². The fourth-order valence-corrected chi connectivity index (χ4v) is 2.19. The fourth-order valence-electron chi connectivity index (χ4n) is 2.19. The Kier molecular flexibility index (Phi) is 20.2. The van der Waals surface area contributed by atoms with Crippen molar-refractivity contribution in [3.8, 4) is 0 Å². The normalized spacial score (nSPS) is 10.6. The van der Waals surface area contributed by atoms with Crippen molar-refractivity contribution in [3.63, 3.8) is 0 Å². The van der Waals surface area contributed by atoms with Crippen LogP contribution in [0.1, 0.15) is 78.1 Å². The van der Waals surface area contributed by atoms with E-state index in [1.54, 1.807) is 0 Å². The SMILES string of the molecule is CCCCCCCCCCCN(C)CCC.[Na]. The van der Waals surface area contributed by atoms with Gasteiger partial charge in [0.1, 0.15) is 0 Å². The largest absolute Gasteiger partial charge is 0.306 e. The molecule has 99 valence electrons. The molecule has 1 nitrogen and oxygen atoms in total. The molecule has 0 aliphatic heterocycles. The summed E-state index contributed by atoms with van der Waals surface area (Å²) in [5.74, 6) is 0. The van der Waals surface area contributed by atoms with Gasteiger partial charge in [0, 0.05) is 29.6 Å². The number of hydrogen-bond acceptors (Lipinski definition) is 1. The van der Waals surface area contributed by atoms with Crippen molar-refractivity contribution in [2.45, 2.75) is 78.1 Å². The van der Waals surface area contributed by atoms with Crippen molar-refractivity contribution in [1.29, 1.82) is 0 Å². The van der Waals surface area contributed by atoms with Crippen molar-refractivity contribution in [2.75, 3.05) is 20.1 Å². The van der Waals surface area contributed by atoms with Crippen LogP contribution in [0.2, 0.25) is 0 Å². The summed E-state index contributed by atoms with van der Waals surface area (Å²) < 4.78 is 0. The first kappa shape index (κ1) is 20.3. The molecule has 0 aromatic rings. The molecule has 0 aliphatic carbocycles. The minimum Gasteiger partial charge on any atom is -0.306 e. The van der Waals surface area contributed by atoms with E-state index in [2.05, 4.69) is 25.8 Å². The predicted molar refractivity (Wildman–Crippen MR) is 80.8 cm³/mol. The zero-order valence-electron chi connectivity index (χ0n) is 12.9. The van der Waals surface area contributed by atoms with Crippen LogP contribution in [0.4, 0.5) is 0 Å². The molecule has 0 fully saturated rings. The van der Waals surface area contributed by atoms with Gasteiger partial charge in [0.25, 0.3) is 0 Å². The van der Waals surface area contributed by atoms with Gasteiger partial charge in [0.05, 0.1) is 0 Å². The standard InChI is InChI=1S/C15H33N.Na/c1-4-6-7-8-9-10-11-12-13-15-16(3)14-5-2;/h4-15H2,1-3H3;. The van der Waals surface area contributed by atoms with Crippen LogP contribution in [0.15, 0.2) is 0 Å². The maximum Gasteiger partial charge on any atom is 0 e. The summed E-state index contributed by atoms with van der Waals surface area (Å²) in [5.41, 5.74) is 0. The van der Waals surface area contributed by atoms with Crippen molar-refractivity contribution in [1.82, 2.24) is 4.90 Å². The van der Waals surface area contributed by atoms with Crippen molar-refractivity contribution >= 4 is 29.6 Å². The molecule has 0 heterocycles. The van der Waals surface area contributed by atoms with Crippen molar-refractivity contribution < 1.29 is 0 Å². The molecule has 0 amide bonds. The van der Waals surface area contributed by atoms with Crippen LogP contribution in [0.3, 0.4) is 0 Å². The molecule has 0 aromatic carbocycles. The molecule has 0 aliphatic rings. The molecule has 1 radical (unpaired) electrons. The van der Waals surface area contributed by atoms with E-state index in [0.29, 0.717) is 0 Å². The minimum absolute atomic E-state index is 0. The summed E-state index contributed by atoms with van der Waals surface area (Å²) in [6.07, 6.45) is 14.2. The second-order valence-corrected chi connectivity index (χ2v) is 5.13. The summed E-state index contributed by atoms with van der Waals surface area (Å²) >= 11 is 0. The first-order valence-electron chi connectivity index (χ1n) is 7.49. The van der Waals surface area contributed by atoms with Crippen LogP contribution >= 0.6 is 0 Å². The van der Waals surface area contributed by atoms with Gasteiger partial charge >= 0.3 is 0 Å². The van der Waals surface area contributed by atoms with Crippen LogP contribution in [0, 0.1) is 0 Å². The Morgan fingerprint density at radius 1 is 0.588 bits per heavy atom. The smallest absolute Gasteiger partial charge is 0 e. The van der Waals surface area contributed by atoms with Gasteiger partial charge in [-0.05, 0) is 33.0 Å². The number of hydrogen-bond donors (Lipinski definition) is 0. The van der Waals surface area contributed by atoms with Gasteiger partial charge in [-0.15, -0.1) is 0 Å². The molecular weight excluding hydrogens is 217 g/mol. The van der Waals surface area contributed by atoms with E-state index in [1.165, 1.54) is 77.3 Å². The fraction of sp³-hybridized carbons (Fsp3) is 1.00. The average molecular weight is 250 g/mol. The third-order valence-corrected chi connectivity index (χ3v) is 3.25. The van der Waals surface area contributed by atoms with E-state index in [9.17, 15) is 0 Å². The number of rotatable bonds is 12. The second kappa shape index (κ2) is 17.0. The average Bonchev–Trinajstić information content (AvgIpc) is 2.27. The summed E-state index contributed by atoms with van der Waals surface area (Å²) in [6.45, 7) is 7.10. The molecule has 0 atom stereocenters. The van der Waals surface area contributed by atoms with Gasteiger partial charge in [-0.3, -0.25) is 0 Å². The first-order valence-corrected chi connectivity index (χ1v) is 7.49. The Morgan fingerprint density at radius 3 is 1.53 bits per heavy atom. The molecule has 0 saturated carbocycles. The van der Waals surface area contributed by atoms with Crippen LogP contribution in [0.5, 0.6) is 0 Å². The van der Waals surface area contributed by atoms with E-state index < -0.39 is 0 Å². The van der Waals surface area contributed by atoms with Gasteiger partial charge < -0.3 is 4.90 Å². The molecule has 0 bridgehead atoms. The summed E-state index contributed by atoms with van der Waals surface area (Å²) in [6, 6.07) is 0. The van der Waals surface area contributed by atoms with Gasteiger partial charge in [-0.1, -0.05) is 65.2 Å². The van der Waals surface area contributed by atoms with Crippen LogP contribution in [0.25, 0.3) is 0 Å². The van der Waals surface area contributed by atoms with Gasteiger partial charge in [0.15, 0.2) is 0 Å². The number of unbranched alkanes of at least 4 members (excludes halogenated alkanes) is 8. The summed E-state index contributed by atoms with van der Waals surface area (Å²) in [4.78, 5) is 2.46. The van der Waals surface area contributed by atoms with Crippen LogP contribution in [-0.4, -0.2) is 54.6 Å². The van der Waals surface area contributed by atoms with Crippen molar-refractivity contribution in [3.05, 3.63) is 0 Å². The third-order valence-electron chi connectivity index (χ3n) is 3.25. The first-order chi connectivity index (χ1) is 7.81. The molecule has 0 N–H and O–H groups in total. The molecular formula is C15H33NNa. The topological polar surface area (TPSA) is 3.24 Å². The third kappa shape index (κ3) is 17.0. The Morgan fingerprint density at radius 2 is 1.06 bits per heavy atom. The van der Waals surface area contributed by atoms with Gasteiger partial charge in [-0.25, -0.2) is 0 Å². The summed E-state index contributed by atoms with van der Waals surface area (Å²) in [7, 11) is 2.24. The van der Waals surface area contributed by atoms with E-state index in [4.69, 9.17) is 0 Å². The molecule has 0 rings (SSSR count). The van der Waals surface area contributed by atoms with Gasteiger partial charge in [-0.2, -0.15) is 0 Å². The van der Waals surface area contributed by atoms with Crippen LogP contribution in [-0.2, 0) is 0 Å². The second-order valence-electron chi connectivity index (χ2n) is 5.13. The van der Waals surface area contributed by atoms with E-state index in [0.717, 1.165) is 0 Å². The van der Waals surface area contributed by atoms with Crippen LogP contribution < -0.4 is 0 Å². The molecule has 17 heavy (non-hydrogen) atoms. The molecule has 2 heteroatoms. The molecule has 0 saturated heterocycles. The predicted octanol–water partition coefficient (Wildman–Crippen LogP) is 4.48. The van der Waals surface area contributed by atoms with E-state index in [1.807, 2.05) is 0 Å². The summed E-state index contributed by atoms with van der Waals surface area (Å²) in [5, 5.41) is 0. The Hall–Kier alpha value is 0.960. The maximum atomic E-state index is 2.46. The van der Waals surface area contributed by atoms with E-state index >= 15 is 0 Å². The van der Waals surface area contributed by atoms with Gasteiger partial charge in [0.2, 0.25) is 0 Å². The Labute approximate surface area is 132 Å². The molecule has 0 unspecified atom stereocenters. The quantitative estimate of drug-likeness (QED) is 0.365. The minimum atomic E-state index is 0. The molecule has 0 spiro atoms. The maximum absolute atomic E-state index is 2.46. The Balaban J connectivity index is 0. The Bertz CT molecular complexity index is 128.